The van der Waals surface area contributed by atoms with E-state index >= 15 is 0 Å². The third-order valence-corrected chi connectivity index (χ3v) is 0.966. The predicted octanol–water partition coefficient (Wildman–Crippen LogP) is 1.29. The summed E-state index contributed by atoms with van der Waals surface area (Å²) < 4.78 is 0. The van der Waals surface area contributed by atoms with E-state index in [1.54, 1.807) is 12.1 Å². The van der Waals surface area contributed by atoms with E-state index < -0.39 is 0 Å². The van der Waals surface area contributed by atoms with Gasteiger partial charge in [-0.05, 0) is 0 Å². The van der Waals surface area contributed by atoms with Crippen LogP contribution in [0.15, 0.2) is 12.1 Å². The molecule has 1 aromatic rings. The van der Waals surface area contributed by atoms with Crippen LogP contribution in [0.5, 0.6) is 5.75 Å². The van der Waals surface area contributed by atoms with Crippen LogP contribution in [0.2, 0.25) is 0 Å². The van der Waals surface area contributed by atoms with Crippen LogP contribution in [-0.2, 0) is 164 Å². The standard InChI is InChI=1S/C7H6O.5Y/c1-6-4-2-3-5-7(6)8;;;;;/h3-4,8H,1H3;;;;;/q-2;;;;;. The number of aromatic hydroxyl groups is 1. The van der Waals surface area contributed by atoms with Crippen LogP contribution in [0.1, 0.15) is 5.56 Å². The van der Waals surface area contributed by atoms with Crippen LogP contribution in [0.25, 0.3) is 0 Å². The Morgan fingerprint density at radius 2 is 1.54 bits per heavy atom. The van der Waals surface area contributed by atoms with Crippen molar-refractivity contribution >= 4 is 0 Å². The van der Waals surface area contributed by atoms with Gasteiger partial charge in [-0.3, -0.25) is 6.07 Å². The summed E-state index contributed by atoms with van der Waals surface area (Å²) in [4.78, 5) is 0. The molecule has 5 radical (unpaired) electrons. The van der Waals surface area contributed by atoms with Gasteiger partial charge < -0.3 is 23.3 Å². The Balaban J connectivity index is -0.0000000427. The van der Waals surface area contributed by atoms with Crippen molar-refractivity contribution in [1.29, 1.82) is 0 Å². The maximum atomic E-state index is 8.84. The summed E-state index contributed by atoms with van der Waals surface area (Å²) in [5.41, 5.74) is 0.813. The molecule has 0 spiro atoms. The van der Waals surface area contributed by atoms with Gasteiger partial charge in [0.25, 0.3) is 0 Å². The molecule has 6 heteroatoms. The zero-order valence-corrected chi connectivity index (χ0v) is 21.7. The van der Waals surface area contributed by atoms with Crippen LogP contribution in [0.4, 0.5) is 0 Å². The van der Waals surface area contributed by atoms with Crippen molar-refractivity contribution < 1.29 is 169 Å². The molecule has 0 saturated carbocycles. The molecule has 0 saturated heterocycles. The molecule has 0 bridgehead atoms. The van der Waals surface area contributed by atoms with Crippen molar-refractivity contribution in [3.8, 4) is 5.75 Å². The van der Waals surface area contributed by atoms with Crippen molar-refractivity contribution in [3.63, 3.8) is 0 Å². The quantitative estimate of drug-likeness (QED) is 0.483. The van der Waals surface area contributed by atoms with Crippen LogP contribution in [0.3, 0.4) is 0 Å². The Bertz CT molecular complexity index is 173. The summed E-state index contributed by atoms with van der Waals surface area (Å²) in [7, 11) is 0. The second kappa shape index (κ2) is 18.9. The van der Waals surface area contributed by atoms with Crippen LogP contribution >= 0.6 is 0 Å². The molecule has 1 nitrogen and oxygen atoms in total. The van der Waals surface area contributed by atoms with Gasteiger partial charge in [0.15, 0.2) is 0 Å². The molecule has 57 valence electrons. The average molecular weight is 551 g/mol. The van der Waals surface area contributed by atoms with Gasteiger partial charge in [0.05, 0.1) is 0 Å². The maximum absolute atomic E-state index is 8.84. The molecule has 13 heavy (non-hydrogen) atoms. The summed E-state index contributed by atoms with van der Waals surface area (Å²) in [6.07, 6.45) is 0. The third-order valence-electron chi connectivity index (χ3n) is 0.966. The fourth-order valence-electron chi connectivity index (χ4n) is 0.459. The number of hydrogen-bond acceptors (Lipinski definition) is 1. The van der Waals surface area contributed by atoms with E-state index in [4.69, 9.17) is 5.11 Å². The van der Waals surface area contributed by atoms with Crippen molar-refractivity contribution in [2.24, 2.45) is 0 Å². The van der Waals surface area contributed by atoms with E-state index in [-0.39, 0.29) is 169 Å². The molecule has 0 unspecified atom stereocenters. The monoisotopic (exact) mass is 551 g/mol. The first-order chi connectivity index (χ1) is 3.80. The van der Waals surface area contributed by atoms with E-state index in [1.807, 2.05) is 6.92 Å². The molecular weight excluding hydrogens is 545 g/mol. The summed E-state index contributed by atoms with van der Waals surface area (Å²) in [6, 6.07) is 8.66. The van der Waals surface area contributed by atoms with Gasteiger partial charge in [0.2, 0.25) is 0 Å². The molecule has 0 amide bonds. The zero-order valence-electron chi connectivity index (χ0n) is 7.49. The van der Waals surface area contributed by atoms with Gasteiger partial charge >= 0.3 is 0 Å². The Kier molecular flexibility index (Phi) is 44.3. The Morgan fingerprint density at radius 1 is 1.08 bits per heavy atom. The number of aryl methyl sites for hydroxylation is 1. The largest absolute Gasteiger partial charge is 0.557 e. The molecule has 0 atom stereocenters. The zero-order chi connectivity index (χ0) is 5.98. The first-order valence-electron chi connectivity index (χ1n) is 2.38. The summed E-state index contributed by atoms with van der Waals surface area (Å²) >= 11 is 0. The van der Waals surface area contributed by atoms with Gasteiger partial charge in [-0.25, -0.2) is 5.56 Å². The molecule has 0 aliphatic carbocycles. The normalized spacial score (nSPS) is 5.62. The minimum atomic E-state index is 0. The van der Waals surface area contributed by atoms with E-state index in [2.05, 4.69) is 12.1 Å². The topological polar surface area (TPSA) is 20.2 Å². The van der Waals surface area contributed by atoms with Gasteiger partial charge in [-0.1, -0.05) is 0 Å². The van der Waals surface area contributed by atoms with E-state index in [0.29, 0.717) is 0 Å². The van der Waals surface area contributed by atoms with E-state index in [0.717, 1.165) is 5.56 Å². The number of phenolic OH excluding ortho intramolecular Hbond substituents is 1. The number of phenols is 1. The average Bonchev–Trinajstić information content (AvgIpc) is 1.77. The SMILES string of the molecule is Cc1c[c-]c[c-]c1O.[Y].[Y].[Y].[Y].[Y]. The van der Waals surface area contributed by atoms with Crippen molar-refractivity contribution in [3.05, 3.63) is 29.8 Å². The van der Waals surface area contributed by atoms with Gasteiger partial charge in [0, 0.05) is 164 Å². The molecule has 1 N–H and O–H groups in total. The first kappa shape index (κ1) is 30.5. The molecule has 1 rings (SSSR count). The fourth-order valence-corrected chi connectivity index (χ4v) is 0.459. The Morgan fingerprint density at radius 3 is 1.77 bits per heavy atom. The van der Waals surface area contributed by atoms with E-state index in [1.165, 1.54) is 0 Å². The van der Waals surface area contributed by atoms with Crippen molar-refractivity contribution in [1.82, 2.24) is 0 Å². The molecule has 1 aromatic carbocycles. The second-order valence-electron chi connectivity index (χ2n) is 1.63. The van der Waals surface area contributed by atoms with Gasteiger partial charge in [-0.15, -0.1) is 12.7 Å². The fraction of sp³-hybridized carbons (Fsp3) is 0.143. The van der Waals surface area contributed by atoms with Crippen LogP contribution in [0, 0.1) is 19.1 Å². The van der Waals surface area contributed by atoms with Gasteiger partial charge in [-0.2, -0.15) is 0 Å². The molecule has 0 aliphatic heterocycles. The minimum Gasteiger partial charge on any atom is -0.557 e. The maximum Gasteiger partial charge on any atom is 0 e. The van der Waals surface area contributed by atoms with E-state index in [9.17, 15) is 0 Å². The Labute approximate surface area is 206 Å². The Hall–Kier alpha value is 4.54. The second-order valence-corrected chi connectivity index (χ2v) is 1.63. The molecule has 0 aromatic heterocycles. The van der Waals surface area contributed by atoms with Crippen LogP contribution < -0.4 is 0 Å². The van der Waals surface area contributed by atoms with Crippen molar-refractivity contribution in [2.75, 3.05) is 0 Å². The number of benzene rings is 1. The molecule has 0 aliphatic rings. The third kappa shape index (κ3) is 14.5. The van der Waals surface area contributed by atoms with Gasteiger partial charge in [0.1, 0.15) is 0 Å². The summed E-state index contributed by atoms with van der Waals surface area (Å²) in [5.74, 6) is 0.212. The molecular formula is C7H6OY5-2. The minimum absolute atomic E-state index is 0. The molecule has 0 fully saturated rings. The summed E-state index contributed by atoms with van der Waals surface area (Å²) in [5, 5.41) is 8.84. The van der Waals surface area contributed by atoms with Crippen molar-refractivity contribution in [2.45, 2.75) is 6.92 Å². The first-order valence-corrected chi connectivity index (χ1v) is 2.38. The van der Waals surface area contributed by atoms with Crippen LogP contribution in [-0.4, -0.2) is 5.11 Å². The predicted molar refractivity (Wildman–Crippen MR) is 30.5 cm³/mol. The number of hydrogen-bond donors (Lipinski definition) is 1. The number of rotatable bonds is 0. The molecule has 0 heterocycles. The summed E-state index contributed by atoms with van der Waals surface area (Å²) in [6.45, 7) is 1.81. The smallest absolute Gasteiger partial charge is 0 e.